The smallest absolute Gasteiger partial charge is 0.300 e. The average molecular weight is 588 g/mol. The van der Waals surface area contributed by atoms with E-state index in [0.29, 0.717) is 11.4 Å². The second-order valence-corrected chi connectivity index (χ2v) is 6.80. The van der Waals surface area contributed by atoms with Crippen LogP contribution < -0.4 is 0 Å². The SMILES string of the molecule is CC(C)(c1cccc(-c2[c-]cc(F)nc2F)n1)c1ccn(-c2[c-]ccc(F)n2)n1.[Pt+2]. The van der Waals surface area contributed by atoms with E-state index in [4.69, 9.17) is 0 Å². The molecule has 9 heteroatoms. The Kier molecular flexibility index (Phi) is 6.17. The molecule has 0 bridgehead atoms. The zero-order valence-electron chi connectivity index (χ0n) is 15.8. The molecular formula is C21H14F3N5Pt. The maximum Gasteiger partial charge on any atom is 2.00 e. The summed E-state index contributed by atoms with van der Waals surface area (Å²) in [4.78, 5) is 11.5. The molecule has 4 rings (SSSR count). The zero-order chi connectivity index (χ0) is 20.6. The van der Waals surface area contributed by atoms with E-state index < -0.39 is 23.3 Å². The molecule has 0 saturated heterocycles. The van der Waals surface area contributed by atoms with Crippen molar-refractivity contribution in [1.82, 2.24) is 24.7 Å². The van der Waals surface area contributed by atoms with Gasteiger partial charge in [0.05, 0.1) is 16.9 Å². The number of halogens is 3. The molecule has 5 nitrogen and oxygen atoms in total. The van der Waals surface area contributed by atoms with Crippen molar-refractivity contribution in [2.75, 3.05) is 0 Å². The molecule has 0 radical (unpaired) electrons. The van der Waals surface area contributed by atoms with Crippen LogP contribution in [0, 0.1) is 30.0 Å². The van der Waals surface area contributed by atoms with Gasteiger partial charge < -0.3 is 4.98 Å². The maximum atomic E-state index is 14.0. The Balaban J connectivity index is 0.00000256. The first-order valence-corrected chi connectivity index (χ1v) is 8.67. The summed E-state index contributed by atoms with van der Waals surface area (Å²) in [5, 5.41) is 4.47. The minimum Gasteiger partial charge on any atom is -0.300 e. The Labute approximate surface area is 185 Å². The summed E-state index contributed by atoms with van der Waals surface area (Å²) in [6.45, 7) is 3.80. The van der Waals surface area contributed by atoms with Crippen molar-refractivity contribution in [3.8, 4) is 17.1 Å². The summed E-state index contributed by atoms with van der Waals surface area (Å²) < 4.78 is 41.9. The van der Waals surface area contributed by atoms with Crippen molar-refractivity contribution in [2.45, 2.75) is 19.3 Å². The Morgan fingerprint density at radius 1 is 0.900 bits per heavy atom. The number of nitrogens with zero attached hydrogens (tertiary/aromatic N) is 5. The quantitative estimate of drug-likeness (QED) is 0.267. The van der Waals surface area contributed by atoms with Crippen molar-refractivity contribution in [1.29, 1.82) is 0 Å². The van der Waals surface area contributed by atoms with E-state index in [9.17, 15) is 13.2 Å². The second kappa shape index (κ2) is 8.48. The third-order valence-corrected chi connectivity index (χ3v) is 4.48. The summed E-state index contributed by atoms with van der Waals surface area (Å²) in [5.74, 6) is -2.33. The van der Waals surface area contributed by atoms with E-state index in [2.05, 4.69) is 32.2 Å². The standard InChI is InChI=1S/C21H14F3N5.Pt/c1-21(2,16-11-12-29(28-16)19-8-4-7-17(22)26-19)15-6-3-5-14(25-15)13-9-10-18(23)27-20(13)24;/h3-7,10-12H,1-2H3;/q-2;+2. The van der Waals surface area contributed by atoms with Crippen molar-refractivity contribution < 1.29 is 34.2 Å². The van der Waals surface area contributed by atoms with Crippen molar-refractivity contribution >= 4 is 0 Å². The van der Waals surface area contributed by atoms with Crippen LogP contribution in [0.25, 0.3) is 17.1 Å². The van der Waals surface area contributed by atoms with Gasteiger partial charge in [-0.2, -0.15) is 11.2 Å². The minimum atomic E-state index is -0.982. The molecule has 0 amide bonds. The van der Waals surface area contributed by atoms with Crippen LogP contribution in [0.5, 0.6) is 0 Å². The molecule has 0 aliphatic heterocycles. The molecule has 4 heterocycles. The van der Waals surface area contributed by atoms with Crippen LogP contribution in [0.15, 0.2) is 48.7 Å². The zero-order valence-corrected chi connectivity index (χ0v) is 18.1. The molecule has 4 aromatic rings. The van der Waals surface area contributed by atoms with Crippen molar-refractivity contribution in [3.05, 3.63) is 90.0 Å². The summed E-state index contributed by atoms with van der Waals surface area (Å²) in [7, 11) is 0. The van der Waals surface area contributed by atoms with Gasteiger partial charge >= 0.3 is 21.1 Å². The van der Waals surface area contributed by atoms with Crippen LogP contribution in [-0.2, 0) is 26.5 Å². The van der Waals surface area contributed by atoms with Crippen molar-refractivity contribution in [2.24, 2.45) is 0 Å². The first-order valence-electron chi connectivity index (χ1n) is 8.67. The topological polar surface area (TPSA) is 56.5 Å². The number of aromatic nitrogens is 5. The van der Waals surface area contributed by atoms with Crippen molar-refractivity contribution in [3.63, 3.8) is 0 Å². The van der Waals surface area contributed by atoms with Crippen LogP contribution in [0.1, 0.15) is 25.2 Å². The largest absolute Gasteiger partial charge is 2.00 e. The predicted octanol–water partition coefficient (Wildman–Crippen LogP) is 4.07. The fourth-order valence-corrected chi connectivity index (χ4v) is 2.85. The van der Waals surface area contributed by atoms with Gasteiger partial charge in [-0.15, -0.1) is 6.07 Å². The van der Waals surface area contributed by atoms with E-state index in [1.165, 1.54) is 16.8 Å². The van der Waals surface area contributed by atoms with E-state index in [1.54, 1.807) is 30.5 Å². The Morgan fingerprint density at radius 2 is 1.70 bits per heavy atom. The van der Waals surface area contributed by atoms with E-state index in [-0.39, 0.29) is 38.1 Å². The van der Waals surface area contributed by atoms with Crippen LogP contribution >= 0.6 is 0 Å². The van der Waals surface area contributed by atoms with Crippen LogP contribution in [0.3, 0.4) is 0 Å². The third-order valence-electron chi connectivity index (χ3n) is 4.48. The fraction of sp³-hybridized carbons (Fsp3) is 0.143. The molecule has 0 saturated carbocycles. The van der Waals surface area contributed by atoms with E-state index >= 15 is 0 Å². The molecule has 0 atom stereocenters. The summed E-state index contributed by atoms with van der Waals surface area (Å²) in [6, 6.07) is 15.8. The van der Waals surface area contributed by atoms with Gasteiger partial charge in [0.1, 0.15) is 17.8 Å². The van der Waals surface area contributed by atoms with Gasteiger partial charge in [-0.25, -0.2) is 35.0 Å². The first-order chi connectivity index (χ1) is 13.8. The molecule has 0 spiro atoms. The van der Waals surface area contributed by atoms with E-state index in [1.807, 2.05) is 13.8 Å². The normalized spacial score (nSPS) is 11.2. The Bertz CT molecular complexity index is 1190. The molecule has 0 aliphatic carbocycles. The molecule has 0 fully saturated rings. The summed E-state index contributed by atoms with van der Waals surface area (Å²) in [6.07, 6.45) is 1.65. The summed E-state index contributed by atoms with van der Waals surface area (Å²) >= 11 is 0. The van der Waals surface area contributed by atoms with Gasteiger partial charge in [0.2, 0.25) is 0 Å². The third kappa shape index (κ3) is 4.19. The minimum absolute atomic E-state index is 0. The molecule has 30 heavy (non-hydrogen) atoms. The maximum absolute atomic E-state index is 14.0. The van der Waals surface area contributed by atoms with Gasteiger partial charge in [-0.05, 0) is 31.7 Å². The molecular weight excluding hydrogens is 574 g/mol. The molecule has 0 aliphatic rings. The monoisotopic (exact) mass is 588 g/mol. The van der Waals surface area contributed by atoms with Gasteiger partial charge in [0, 0.05) is 11.9 Å². The van der Waals surface area contributed by atoms with Crippen LogP contribution in [0.4, 0.5) is 13.2 Å². The van der Waals surface area contributed by atoms with Crippen LogP contribution in [0.2, 0.25) is 0 Å². The molecule has 0 aromatic carbocycles. The molecule has 154 valence electrons. The second-order valence-electron chi connectivity index (χ2n) is 6.80. The Hall–Kier alpha value is -2.86. The Morgan fingerprint density at radius 3 is 2.43 bits per heavy atom. The van der Waals surface area contributed by atoms with Gasteiger partial charge in [-0.3, -0.25) is 4.98 Å². The summed E-state index contributed by atoms with van der Waals surface area (Å²) in [5.41, 5.74) is 0.837. The molecule has 4 aromatic heterocycles. The first kappa shape index (κ1) is 21.8. The van der Waals surface area contributed by atoms with Gasteiger partial charge in [-0.1, -0.05) is 23.8 Å². The number of pyridine rings is 3. The predicted molar refractivity (Wildman–Crippen MR) is 98.5 cm³/mol. The molecule has 0 unspecified atom stereocenters. The number of rotatable bonds is 4. The van der Waals surface area contributed by atoms with Crippen LogP contribution in [-0.4, -0.2) is 24.7 Å². The number of hydrogen-bond acceptors (Lipinski definition) is 4. The van der Waals surface area contributed by atoms with Gasteiger partial charge in [0.25, 0.3) is 0 Å². The van der Waals surface area contributed by atoms with E-state index in [0.717, 1.165) is 6.07 Å². The number of hydrogen-bond donors (Lipinski definition) is 0. The van der Waals surface area contributed by atoms with Gasteiger partial charge in [0.15, 0.2) is 0 Å². The average Bonchev–Trinajstić information content (AvgIpc) is 3.19. The molecule has 0 N–H and O–H groups in total. The fourth-order valence-electron chi connectivity index (χ4n) is 2.85.